The van der Waals surface area contributed by atoms with Gasteiger partial charge in [0, 0.05) is 13.2 Å². The number of hydrogen-bond acceptors (Lipinski definition) is 2. The van der Waals surface area contributed by atoms with E-state index in [2.05, 4.69) is 12.2 Å². The van der Waals surface area contributed by atoms with E-state index in [9.17, 15) is 4.39 Å². The van der Waals surface area contributed by atoms with Crippen LogP contribution in [-0.2, 0) is 6.54 Å². The molecule has 16 heavy (non-hydrogen) atoms. The van der Waals surface area contributed by atoms with E-state index in [1.54, 1.807) is 12.1 Å². The van der Waals surface area contributed by atoms with E-state index in [1.807, 2.05) is 0 Å². The zero-order valence-corrected chi connectivity index (χ0v) is 10.1. The van der Waals surface area contributed by atoms with Crippen LogP contribution in [0.4, 0.5) is 4.39 Å². The van der Waals surface area contributed by atoms with Gasteiger partial charge in [-0.2, -0.15) is 0 Å². The molecule has 0 radical (unpaired) electrons. The SMILES string of the molecule is CC(CCO)CNCc1ccc(F)c(Cl)c1. The maximum absolute atomic E-state index is 12.9. The van der Waals surface area contributed by atoms with Crippen LogP contribution < -0.4 is 5.32 Å². The molecule has 0 fully saturated rings. The van der Waals surface area contributed by atoms with Gasteiger partial charge >= 0.3 is 0 Å². The van der Waals surface area contributed by atoms with Crippen LogP contribution in [0.1, 0.15) is 18.9 Å². The van der Waals surface area contributed by atoms with Crippen LogP contribution in [0.25, 0.3) is 0 Å². The Hall–Kier alpha value is -0.640. The highest BCUT2D eigenvalue weighted by Gasteiger charge is 2.02. The number of nitrogens with one attached hydrogen (secondary N) is 1. The fraction of sp³-hybridized carbons (Fsp3) is 0.500. The summed E-state index contributed by atoms with van der Waals surface area (Å²) in [5.41, 5.74) is 0.961. The lowest BCUT2D eigenvalue weighted by molar-refractivity contribution is 0.260. The maximum Gasteiger partial charge on any atom is 0.141 e. The molecule has 0 spiro atoms. The summed E-state index contributed by atoms with van der Waals surface area (Å²) in [7, 11) is 0. The summed E-state index contributed by atoms with van der Waals surface area (Å²) >= 11 is 5.67. The first-order chi connectivity index (χ1) is 7.63. The lowest BCUT2D eigenvalue weighted by atomic mass is 10.1. The highest BCUT2D eigenvalue weighted by atomic mass is 35.5. The minimum atomic E-state index is -0.390. The van der Waals surface area contributed by atoms with E-state index < -0.39 is 0 Å². The Labute approximate surface area is 100 Å². The number of hydrogen-bond donors (Lipinski definition) is 2. The standard InChI is InChI=1S/C12H17ClFNO/c1-9(4-5-16)7-15-8-10-2-3-12(14)11(13)6-10/h2-3,6,9,15-16H,4-5,7-8H2,1H3. The number of aliphatic hydroxyl groups is 1. The second-order valence-corrected chi connectivity index (χ2v) is 4.40. The van der Waals surface area contributed by atoms with Crippen molar-refractivity contribution in [2.45, 2.75) is 19.9 Å². The molecule has 4 heteroatoms. The molecule has 0 saturated carbocycles. The van der Waals surface area contributed by atoms with Gasteiger partial charge in [-0.05, 0) is 36.6 Å². The van der Waals surface area contributed by atoms with Gasteiger partial charge in [-0.3, -0.25) is 0 Å². The Bertz CT molecular complexity index is 333. The van der Waals surface area contributed by atoms with Crippen molar-refractivity contribution >= 4 is 11.6 Å². The first-order valence-corrected chi connectivity index (χ1v) is 5.76. The largest absolute Gasteiger partial charge is 0.396 e. The quantitative estimate of drug-likeness (QED) is 0.808. The van der Waals surface area contributed by atoms with Crippen LogP contribution in [0.3, 0.4) is 0 Å². The summed E-state index contributed by atoms with van der Waals surface area (Å²) in [6.07, 6.45) is 0.789. The van der Waals surface area contributed by atoms with Crippen LogP contribution in [0.15, 0.2) is 18.2 Å². The van der Waals surface area contributed by atoms with E-state index in [4.69, 9.17) is 16.7 Å². The lowest BCUT2D eigenvalue weighted by Crippen LogP contribution is -2.21. The van der Waals surface area contributed by atoms with Gasteiger partial charge in [0.2, 0.25) is 0 Å². The third kappa shape index (κ3) is 4.47. The van der Waals surface area contributed by atoms with Gasteiger partial charge in [0.25, 0.3) is 0 Å². The first-order valence-electron chi connectivity index (χ1n) is 5.39. The highest BCUT2D eigenvalue weighted by molar-refractivity contribution is 6.30. The summed E-state index contributed by atoms with van der Waals surface area (Å²) < 4.78 is 12.9. The minimum absolute atomic E-state index is 0.155. The predicted molar refractivity (Wildman–Crippen MR) is 64.0 cm³/mol. The molecular weight excluding hydrogens is 229 g/mol. The monoisotopic (exact) mass is 245 g/mol. The van der Waals surface area contributed by atoms with Crippen LogP contribution in [-0.4, -0.2) is 18.3 Å². The van der Waals surface area contributed by atoms with Gasteiger partial charge in [-0.25, -0.2) is 4.39 Å². The molecule has 2 nitrogen and oxygen atoms in total. The summed E-state index contributed by atoms with van der Waals surface area (Å²) in [6, 6.07) is 4.71. The topological polar surface area (TPSA) is 32.3 Å². The summed E-state index contributed by atoms with van der Waals surface area (Å²) in [6.45, 7) is 3.78. The van der Waals surface area contributed by atoms with Gasteiger partial charge in [-0.1, -0.05) is 24.6 Å². The second-order valence-electron chi connectivity index (χ2n) is 4.00. The number of benzene rings is 1. The van der Waals surface area contributed by atoms with Crippen LogP contribution in [0.5, 0.6) is 0 Å². The molecule has 0 saturated heterocycles. The molecule has 0 aliphatic rings. The Kier molecular flexibility index (Phi) is 5.74. The zero-order valence-electron chi connectivity index (χ0n) is 9.34. The molecule has 1 rings (SSSR count). The predicted octanol–water partition coefficient (Wildman–Crippen LogP) is 2.59. The maximum atomic E-state index is 12.9. The Morgan fingerprint density at radius 2 is 2.25 bits per heavy atom. The summed E-state index contributed by atoms with van der Waals surface area (Å²) in [5, 5.41) is 12.1. The molecule has 0 aliphatic carbocycles. The average molecular weight is 246 g/mol. The van der Waals surface area contributed by atoms with Crippen molar-refractivity contribution in [3.05, 3.63) is 34.6 Å². The molecule has 1 aromatic rings. The van der Waals surface area contributed by atoms with E-state index in [1.165, 1.54) is 6.07 Å². The van der Waals surface area contributed by atoms with Gasteiger partial charge < -0.3 is 10.4 Å². The van der Waals surface area contributed by atoms with E-state index >= 15 is 0 Å². The van der Waals surface area contributed by atoms with Crippen molar-refractivity contribution in [3.63, 3.8) is 0 Å². The van der Waals surface area contributed by atoms with Crippen molar-refractivity contribution in [2.75, 3.05) is 13.2 Å². The average Bonchev–Trinajstić information content (AvgIpc) is 2.24. The van der Waals surface area contributed by atoms with Gasteiger partial charge in [-0.15, -0.1) is 0 Å². The van der Waals surface area contributed by atoms with Crippen molar-refractivity contribution in [2.24, 2.45) is 5.92 Å². The van der Waals surface area contributed by atoms with Crippen molar-refractivity contribution in [1.82, 2.24) is 5.32 Å². The minimum Gasteiger partial charge on any atom is -0.396 e. The fourth-order valence-corrected chi connectivity index (χ4v) is 1.64. The summed E-state index contributed by atoms with van der Waals surface area (Å²) in [4.78, 5) is 0. The number of halogens is 2. The molecule has 2 N–H and O–H groups in total. The third-order valence-electron chi connectivity index (χ3n) is 2.43. The molecule has 1 atom stereocenters. The Morgan fingerprint density at radius 1 is 1.50 bits per heavy atom. The van der Waals surface area contributed by atoms with Gasteiger partial charge in [0.15, 0.2) is 0 Å². The molecular formula is C12H17ClFNO. The molecule has 1 aromatic carbocycles. The smallest absolute Gasteiger partial charge is 0.141 e. The normalized spacial score (nSPS) is 12.8. The summed E-state index contributed by atoms with van der Waals surface area (Å²) in [5.74, 6) is 0.0417. The van der Waals surface area contributed by atoms with Gasteiger partial charge in [0.05, 0.1) is 5.02 Å². The molecule has 0 heterocycles. The molecule has 90 valence electrons. The van der Waals surface area contributed by atoms with E-state index in [0.717, 1.165) is 18.5 Å². The molecule has 0 aliphatic heterocycles. The van der Waals surface area contributed by atoms with Crippen molar-refractivity contribution in [1.29, 1.82) is 0 Å². The van der Waals surface area contributed by atoms with Crippen LogP contribution in [0.2, 0.25) is 5.02 Å². The van der Waals surface area contributed by atoms with E-state index in [-0.39, 0.29) is 17.4 Å². The Balaban J connectivity index is 2.34. The van der Waals surface area contributed by atoms with Gasteiger partial charge in [0.1, 0.15) is 5.82 Å². The van der Waals surface area contributed by atoms with Crippen LogP contribution >= 0.6 is 11.6 Å². The molecule has 1 unspecified atom stereocenters. The zero-order chi connectivity index (χ0) is 12.0. The van der Waals surface area contributed by atoms with Crippen molar-refractivity contribution < 1.29 is 9.50 Å². The third-order valence-corrected chi connectivity index (χ3v) is 2.72. The van der Waals surface area contributed by atoms with Crippen LogP contribution in [0, 0.1) is 11.7 Å². The molecule has 0 amide bonds. The lowest BCUT2D eigenvalue weighted by Gasteiger charge is -2.11. The fourth-order valence-electron chi connectivity index (χ4n) is 1.43. The molecule has 0 bridgehead atoms. The second kappa shape index (κ2) is 6.84. The Morgan fingerprint density at radius 3 is 2.88 bits per heavy atom. The first kappa shape index (κ1) is 13.4. The number of rotatable bonds is 6. The van der Waals surface area contributed by atoms with Crippen molar-refractivity contribution in [3.8, 4) is 0 Å². The molecule has 0 aromatic heterocycles. The number of aliphatic hydroxyl groups excluding tert-OH is 1. The highest BCUT2D eigenvalue weighted by Crippen LogP contribution is 2.15. The van der Waals surface area contributed by atoms with E-state index in [0.29, 0.717) is 12.5 Å².